The van der Waals surface area contributed by atoms with Crippen LogP contribution in [0.15, 0.2) is 10.7 Å². The first-order valence-corrected chi connectivity index (χ1v) is 3.52. The first-order chi connectivity index (χ1) is 5.15. The molecule has 4 heteroatoms. The summed E-state index contributed by atoms with van der Waals surface area (Å²) < 4.78 is 12.7. The smallest absolute Gasteiger partial charge is 0.158 e. The average molecular weight is 215 g/mol. The van der Waals surface area contributed by atoms with E-state index in [1.165, 1.54) is 0 Å². The highest BCUT2D eigenvalue weighted by atomic mass is 79.9. The van der Waals surface area contributed by atoms with Gasteiger partial charge in [0, 0.05) is 6.07 Å². The molecule has 0 aliphatic carbocycles. The second kappa shape index (κ2) is 2.89. The van der Waals surface area contributed by atoms with Crippen molar-refractivity contribution in [3.05, 3.63) is 22.2 Å². The molecule has 0 aliphatic heterocycles. The lowest BCUT2D eigenvalue weighted by Crippen LogP contribution is -1.96. The molecule has 0 amide bonds. The lowest BCUT2D eigenvalue weighted by atomic mass is 10.3. The lowest BCUT2D eigenvalue weighted by molar-refractivity contribution is 0.613. The number of anilines is 1. The number of halogens is 2. The third-order valence-electron chi connectivity index (χ3n) is 1.10. The molecule has 0 aliphatic rings. The van der Waals surface area contributed by atoms with Crippen LogP contribution >= 0.6 is 15.9 Å². The molecule has 0 atom stereocenters. The Morgan fingerprint density at radius 3 is 2.91 bits per heavy atom. The molecule has 56 valence electrons. The van der Waals surface area contributed by atoms with Gasteiger partial charge in [0.2, 0.25) is 0 Å². The van der Waals surface area contributed by atoms with Crippen molar-refractivity contribution in [1.82, 2.24) is 4.98 Å². The number of pyridine rings is 1. The van der Waals surface area contributed by atoms with Crippen molar-refractivity contribution in [3.8, 4) is 12.3 Å². The Hall–Kier alpha value is -1.08. The summed E-state index contributed by atoms with van der Waals surface area (Å²) in [6, 6.07) is 1.13. The van der Waals surface area contributed by atoms with Gasteiger partial charge in [-0.15, -0.1) is 6.42 Å². The van der Waals surface area contributed by atoms with Crippen LogP contribution in [0.3, 0.4) is 0 Å². The van der Waals surface area contributed by atoms with Gasteiger partial charge >= 0.3 is 0 Å². The molecular formula is C7H4BrFN2. The summed E-state index contributed by atoms with van der Waals surface area (Å²) in [5.41, 5.74) is 5.76. The van der Waals surface area contributed by atoms with E-state index in [1.54, 1.807) is 0 Å². The minimum absolute atomic E-state index is 0.0830. The molecule has 11 heavy (non-hydrogen) atoms. The van der Waals surface area contributed by atoms with Gasteiger partial charge in [-0.1, -0.05) is 0 Å². The van der Waals surface area contributed by atoms with Gasteiger partial charge in [0.15, 0.2) is 5.82 Å². The second-order valence-electron chi connectivity index (χ2n) is 1.84. The maximum absolute atomic E-state index is 12.6. The van der Waals surface area contributed by atoms with Gasteiger partial charge in [0.1, 0.15) is 10.3 Å². The van der Waals surface area contributed by atoms with Crippen LogP contribution in [0.2, 0.25) is 0 Å². The number of nitrogens with two attached hydrogens (primary N) is 1. The predicted molar refractivity (Wildman–Crippen MR) is 44.2 cm³/mol. The zero-order valence-electron chi connectivity index (χ0n) is 5.44. The van der Waals surface area contributed by atoms with Crippen molar-refractivity contribution >= 4 is 21.6 Å². The summed E-state index contributed by atoms with van der Waals surface area (Å²) >= 11 is 2.88. The molecule has 0 saturated heterocycles. The Balaban J connectivity index is 3.35. The van der Waals surface area contributed by atoms with E-state index in [2.05, 4.69) is 26.8 Å². The van der Waals surface area contributed by atoms with E-state index >= 15 is 0 Å². The summed E-state index contributed by atoms with van der Waals surface area (Å²) in [6.07, 6.45) is 5.03. The van der Waals surface area contributed by atoms with Gasteiger partial charge in [0.25, 0.3) is 0 Å². The Labute approximate surface area is 71.8 Å². The molecule has 0 fully saturated rings. The molecule has 0 saturated carbocycles. The Bertz CT molecular complexity index is 330. The molecule has 0 bridgehead atoms. The van der Waals surface area contributed by atoms with Crippen LogP contribution in [0.4, 0.5) is 10.1 Å². The largest absolute Gasteiger partial charge is 0.396 e. The van der Waals surface area contributed by atoms with E-state index in [1.807, 2.05) is 0 Å². The highest BCUT2D eigenvalue weighted by Crippen LogP contribution is 2.17. The molecule has 0 spiro atoms. The number of terminal acetylenes is 1. The zero-order chi connectivity index (χ0) is 8.43. The minimum Gasteiger partial charge on any atom is -0.396 e. The van der Waals surface area contributed by atoms with Crippen LogP contribution in [-0.2, 0) is 0 Å². The molecule has 0 unspecified atom stereocenters. The third-order valence-corrected chi connectivity index (χ3v) is 1.66. The van der Waals surface area contributed by atoms with Crippen molar-refractivity contribution in [2.45, 2.75) is 0 Å². The normalized spacial score (nSPS) is 9.18. The van der Waals surface area contributed by atoms with E-state index in [4.69, 9.17) is 12.2 Å². The molecule has 2 N–H and O–H groups in total. The number of nitrogens with zero attached hydrogens (tertiary/aromatic N) is 1. The minimum atomic E-state index is -0.512. The number of hydrogen-bond donors (Lipinski definition) is 1. The first-order valence-electron chi connectivity index (χ1n) is 2.73. The fourth-order valence-electron chi connectivity index (χ4n) is 0.596. The first kappa shape index (κ1) is 8.02. The topological polar surface area (TPSA) is 38.9 Å². The van der Waals surface area contributed by atoms with Crippen molar-refractivity contribution in [1.29, 1.82) is 0 Å². The van der Waals surface area contributed by atoms with E-state index < -0.39 is 5.82 Å². The molecule has 0 aromatic carbocycles. The highest BCUT2D eigenvalue weighted by molar-refractivity contribution is 9.10. The summed E-state index contributed by atoms with van der Waals surface area (Å²) in [5.74, 6) is 1.72. The molecular weight excluding hydrogens is 211 g/mol. The molecule has 0 radical (unpaired) electrons. The molecule has 1 heterocycles. The molecule has 2 nitrogen and oxygen atoms in total. The Kier molecular flexibility index (Phi) is 2.11. The van der Waals surface area contributed by atoms with Gasteiger partial charge in [0.05, 0.1) is 5.69 Å². The maximum Gasteiger partial charge on any atom is 0.158 e. The van der Waals surface area contributed by atoms with Gasteiger partial charge in [-0.3, -0.25) is 0 Å². The van der Waals surface area contributed by atoms with Crippen LogP contribution in [-0.4, -0.2) is 4.98 Å². The average Bonchev–Trinajstić information content (AvgIpc) is 1.97. The van der Waals surface area contributed by atoms with Gasteiger partial charge < -0.3 is 5.73 Å². The van der Waals surface area contributed by atoms with E-state index in [-0.39, 0.29) is 16.0 Å². The van der Waals surface area contributed by atoms with E-state index in [0.29, 0.717) is 0 Å². The van der Waals surface area contributed by atoms with Crippen molar-refractivity contribution in [2.75, 3.05) is 5.73 Å². The Morgan fingerprint density at radius 1 is 1.73 bits per heavy atom. The molecule has 1 rings (SSSR count). The summed E-state index contributed by atoms with van der Waals surface area (Å²) in [6.45, 7) is 0. The van der Waals surface area contributed by atoms with Crippen LogP contribution in [0.25, 0.3) is 0 Å². The monoisotopic (exact) mass is 214 g/mol. The predicted octanol–water partition coefficient (Wildman–Crippen LogP) is 1.55. The fraction of sp³-hybridized carbons (Fsp3) is 0. The number of nitrogen functional groups attached to an aromatic ring is 1. The zero-order valence-corrected chi connectivity index (χ0v) is 7.02. The van der Waals surface area contributed by atoms with Crippen molar-refractivity contribution in [2.24, 2.45) is 0 Å². The lowest BCUT2D eigenvalue weighted by Gasteiger charge is -1.98. The molecule has 1 aromatic heterocycles. The SMILES string of the molecule is C#Cc1nc(Br)c(F)cc1N. The van der Waals surface area contributed by atoms with Crippen LogP contribution < -0.4 is 5.73 Å². The van der Waals surface area contributed by atoms with Crippen molar-refractivity contribution < 1.29 is 4.39 Å². The second-order valence-corrected chi connectivity index (χ2v) is 2.59. The highest BCUT2D eigenvalue weighted by Gasteiger charge is 2.04. The maximum atomic E-state index is 12.6. The summed E-state index contributed by atoms with van der Waals surface area (Å²) in [7, 11) is 0. The van der Waals surface area contributed by atoms with Gasteiger partial charge in [-0.05, 0) is 21.9 Å². The Morgan fingerprint density at radius 2 is 2.36 bits per heavy atom. The standard InChI is InChI=1S/C7H4BrFN2/c1-2-6-5(10)3-4(9)7(8)11-6/h1,3H,10H2. The third kappa shape index (κ3) is 1.49. The number of aromatic nitrogens is 1. The van der Waals surface area contributed by atoms with Crippen LogP contribution in [0.1, 0.15) is 5.69 Å². The van der Waals surface area contributed by atoms with E-state index in [9.17, 15) is 4.39 Å². The fourth-order valence-corrected chi connectivity index (χ4v) is 0.888. The van der Waals surface area contributed by atoms with Crippen molar-refractivity contribution in [3.63, 3.8) is 0 Å². The van der Waals surface area contributed by atoms with E-state index in [0.717, 1.165) is 6.07 Å². The molecule has 1 aromatic rings. The van der Waals surface area contributed by atoms with Crippen LogP contribution in [0, 0.1) is 18.2 Å². The summed E-state index contributed by atoms with van der Waals surface area (Å²) in [5, 5.41) is 0. The van der Waals surface area contributed by atoms with Gasteiger partial charge in [-0.2, -0.15) is 0 Å². The van der Waals surface area contributed by atoms with Gasteiger partial charge in [-0.25, -0.2) is 9.37 Å². The number of hydrogen-bond acceptors (Lipinski definition) is 2. The summed E-state index contributed by atoms with van der Waals surface area (Å²) in [4.78, 5) is 3.67. The number of rotatable bonds is 0. The quantitative estimate of drug-likeness (QED) is 0.526. The van der Waals surface area contributed by atoms with Crippen LogP contribution in [0.5, 0.6) is 0 Å².